The van der Waals surface area contributed by atoms with Crippen LogP contribution in [0.4, 0.5) is 0 Å². The van der Waals surface area contributed by atoms with Crippen molar-refractivity contribution in [3.63, 3.8) is 0 Å². The molecule has 5 nitrogen and oxygen atoms in total. The molecular formula is C15H26N2O3S. The fourth-order valence-electron chi connectivity index (χ4n) is 3.20. The van der Waals surface area contributed by atoms with Crippen LogP contribution in [0.1, 0.15) is 51.1 Å². The lowest BCUT2D eigenvalue weighted by Gasteiger charge is -2.29. The number of nitrogens with zero attached hydrogens (tertiary/aromatic N) is 1. The van der Waals surface area contributed by atoms with Crippen LogP contribution in [0.25, 0.3) is 0 Å². The van der Waals surface area contributed by atoms with Crippen LogP contribution in [0.5, 0.6) is 0 Å². The summed E-state index contributed by atoms with van der Waals surface area (Å²) in [7, 11) is -1.78. The SMILES string of the molecule is CCC(NS(=O)(=O)c1cc(CO)n(C)c1)C1CCCCC1. The van der Waals surface area contributed by atoms with Gasteiger partial charge in [-0.3, -0.25) is 0 Å². The van der Waals surface area contributed by atoms with Crippen LogP contribution in [0, 0.1) is 5.92 Å². The van der Waals surface area contributed by atoms with E-state index in [1.807, 2.05) is 6.92 Å². The molecule has 2 N–H and O–H groups in total. The van der Waals surface area contributed by atoms with Gasteiger partial charge in [0.25, 0.3) is 0 Å². The highest BCUT2D eigenvalue weighted by molar-refractivity contribution is 7.89. The minimum absolute atomic E-state index is 0.00748. The second-order valence-corrected chi connectivity index (χ2v) is 7.68. The molecule has 1 unspecified atom stereocenters. The van der Waals surface area contributed by atoms with Gasteiger partial charge in [-0.1, -0.05) is 26.2 Å². The molecule has 0 amide bonds. The maximum absolute atomic E-state index is 12.5. The highest BCUT2D eigenvalue weighted by Crippen LogP contribution is 2.28. The van der Waals surface area contributed by atoms with E-state index >= 15 is 0 Å². The van der Waals surface area contributed by atoms with Crippen molar-refractivity contribution < 1.29 is 13.5 Å². The van der Waals surface area contributed by atoms with E-state index in [0.29, 0.717) is 11.6 Å². The second kappa shape index (κ2) is 6.94. The maximum Gasteiger partial charge on any atom is 0.242 e. The van der Waals surface area contributed by atoms with E-state index in [1.165, 1.54) is 25.3 Å². The molecule has 1 aromatic heterocycles. The van der Waals surface area contributed by atoms with Crippen molar-refractivity contribution in [1.29, 1.82) is 0 Å². The Balaban J connectivity index is 2.14. The van der Waals surface area contributed by atoms with Gasteiger partial charge in [0.05, 0.1) is 11.5 Å². The van der Waals surface area contributed by atoms with Crippen molar-refractivity contribution in [2.45, 2.75) is 63.0 Å². The Bertz CT molecular complexity index is 559. The summed E-state index contributed by atoms with van der Waals surface area (Å²) in [6.07, 6.45) is 8.24. The summed E-state index contributed by atoms with van der Waals surface area (Å²) in [5.74, 6) is 0.444. The van der Waals surface area contributed by atoms with Gasteiger partial charge in [0, 0.05) is 25.0 Å². The van der Waals surface area contributed by atoms with E-state index in [0.717, 1.165) is 19.3 Å². The first-order valence-electron chi connectivity index (χ1n) is 7.76. The molecular weight excluding hydrogens is 288 g/mol. The zero-order valence-corrected chi connectivity index (χ0v) is 13.7. The molecule has 0 aromatic carbocycles. The van der Waals surface area contributed by atoms with Crippen LogP contribution in [-0.4, -0.2) is 24.1 Å². The first-order chi connectivity index (χ1) is 9.97. The topological polar surface area (TPSA) is 71.3 Å². The lowest BCUT2D eigenvalue weighted by Crippen LogP contribution is -2.40. The van der Waals surface area contributed by atoms with Crippen LogP contribution in [0.15, 0.2) is 17.2 Å². The lowest BCUT2D eigenvalue weighted by atomic mass is 9.83. The first kappa shape index (κ1) is 16.5. The van der Waals surface area contributed by atoms with Gasteiger partial charge in [-0.05, 0) is 31.2 Å². The van der Waals surface area contributed by atoms with Crippen molar-refractivity contribution in [3.05, 3.63) is 18.0 Å². The molecule has 1 fully saturated rings. The highest BCUT2D eigenvalue weighted by atomic mass is 32.2. The minimum atomic E-state index is -3.51. The summed E-state index contributed by atoms with van der Waals surface area (Å²) < 4.78 is 29.6. The Labute approximate surface area is 127 Å². The van der Waals surface area contributed by atoms with E-state index < -0.39 is 10.0 Å². The molecule has 1 aromatic rings. The van der Waals surface area contributed by atoms with Crippen LogP contribution < -0.4 is 4.72 Å². The van der Waals surface area contributed by atoms with Gasteiger partial charge in [0.15, 0.2) is 0 Å². The van der Waals surface area contributed by atoms with Gasteiger partial charge in [-0.25, -0.2) is 13.1 Å². The Morgan fingerprint density at radius 2 is 2.05 bits per heavy atom. The number of aryl methyl sites for hydroxylation is 1. The molecule has 120 valence electrons. The van der Waals surface area contributed by atoms with Crippen LogP contribution in [0.3, 0.4) is 0 Å². The molecule has 2 rings (SSSR count). The standard InChI is InChI=1S/C15H26N2O3S/c1-3-15(12-7-5-4-6-8-12)16-21(19,20)14-9-13(11-18)17(2)10-14/h9-10,12,15-16,18H,3-8,11H2,1-2H3. The molecule has 0 radical (unpaired) electrons. The van der Waals surface area contributed by atoms with Crippen molar-refractivity contribution in [3.8, 4) is 0 Å². The van der Waals surface area contributed by atoms with Gasteiger partial charge in [-0.2, -0.15) is 0 Å². The third kappa shape index (κ3) is 3.87. The number of hydrogen-bond donors (Lipinski definition) is 2. The Hall–Kier alpha value is -0.850. The molecule has 1 heterocycles. The molecule has 1 saturated carbocycles. The quantitative estimate of drug-likeness (QED) is 0.845. The van der Waals surface area contributed by atoms with Crippen molar-refractivity contribution >= 4 is 10.0 Å². The third-order valence-electron chi connectivity index (χ3n) is 4.52. The van der Waals surface area contributed by atoms with Gasteiger partial charge < -0.3 is 9.67 Å². The summed E-state index contributed by atoms with van der Waals surface area (Å²) >= 11 is 0. The predicted molar refractivity (Wildman–Crippen MR) is 82.3 cm³/mol. The fourth-order valence-corrected chi connectivity index (χ4v) is 4.68. The summed E-state index contributed by atoms with van der Waals surface area (Å²) in [5.41, 5.74) is 0.598. The largest absolute Gasteiger partial charge is 0.390 e. The number of aromatic nitrogens is 1. The molecule has 0 bridgehead atoms. The van der Waals surface area contributed by atoms with Gasteiger partial charge >= 0.3 is 0 Å². The smallest absolute Gasteiger partial charge is 0.242 e. The zero-order valence-electron chi connectivity index (χ0n) is 12.9. The monoisotopic (exact) mass is 314 g/mol. The number of sulfonamides is 1. The predicted octanol–water partition coefficient (Wildman–Crippen LogP) is 2.15. The number of aliphatic hydroxyl groups is 1. The van der Waals surface area contributed by atoms with Crippen LogP contribution >= 0.6 is 0 Å². The molecule has 6 heteroatoms. The van der Waals surface area contributed by atoms with Crippen LogP contribution in [-0.2, 0) is 23.7 Å². The molecule has 1 aliphatic carbocycles. The second-order valence-electron chi connectivity index (χ2n) is 5.97. The van der Waals surface area contributed by atoms with E-state index in [9.17, 15) is 13.5 Å². The number of aliphatic hydroxyl groups excluding tert-OH is 1. The zero-order chi connectivity index (χ0) is 15.5. The molecule has 0 spiro atoms. The summed E-state index contributed by atoms with van der Waals surface area (Å²) in [6.45, 7) is 1.87. The Morgan fingerprint density at radius 3 is 2.57 bits per heavy atom. The highest BCUT2D eigenvalue weighted by Gasteiger charge is 2.27. The molecule has 21 heavy (non-hydrogen) atoms. The summed E-state index contributed by atoms with van der Waals surface area (Å²) in [4.78, 5) is 0.239. The fraction of sp³-hybridized carbons (Fsp3) is 0.733. The molecule has 0 aliphatic heterocycles. The number of rotatable bonds is 6. The third-order valence-corrected chi connectivity index (χ3v) is 5.98. The number of hydrogen-bond acceptors (Lipinski definition) is 3. The van der Waals surface area contributed by atoms with E-state index in [2.05, 4.69) is 4.72 Å². The van der Waals surface area contributed by atoms with Crippen molar-refractivity contribution in [1.82, 2.24) is 9.29 Å². The van der Waals surface area contributed by atoms with E-state index in [4.69, 9.17) is 0 Å². The maximum atomic E-state index is 12.5. The summed E-state index contributed by atoms with van der Waals surface area (Å²) in [5, 5.41) is 9.19. The molecule has 0 saturated heterocycles. The molecule has 1 aliphatic rings. The molecule has 1 atom stereocenters. The van der Waals surface area contributed by atoms with Gasteiger partial charge in [0.2, 0.25) is 10.0 Å². The Kier molecular flexibility index (Phi) is 5.46. The lowest BCUT2D eigenvalue weighted by molar-refractivity contribution is 0.272. The average Bonchev–Trinajstić information content (AvgIpc) is 2.87. The van der Waals surface area contributed by atoms with Crippen LogP contribution in [0.2, 0.25) is 0 Å². The van der Waals surface area contributed by atoms with Crippen molar-refractivity contribution in [2.75, 3.05) is 0 Å². The van der Waals surface area contributed by atoms with Gasteiger partial charge in [0.1, 0.15) is 0 Å². The summed E-state index contributed by atoms with van der Waals surface area (Å²) in [6, 6.07) is 1.55. The van der Waals surface area contributed by atoms with E-state index in [-0.39, 0.29) is 17.5 Å². The Morgan fingerprint density at radius 1 is 1.38 bits per heavy atom. The first-order valence-corrected chi connectivity index (χ1v) is 9.24. The van der Waals surface area contributed by atoms with Crippen molar-refractivity contribution in [2.24, 2.45) is 13.0 Å². The van der Waals surface area contributed by atoms with Gasteiger partial charge in [-0.15, -0.1) is 0 Å². The normalized spacial score (nSPS) is 18.8. The van der Waals surface area contributed by atoms with E-state index in [1.54, 1.807) is 17.8 Å². The number of nitrogens with one attached hydrogen (secondary N) is 1. The minimum Gasteiger partial charge on any atom is -0.390 e. The average molecular weight is 314 g/mol.